The van der Waals surface area contributed by atoms with Crippen LogP contribution in [-0.2, 0) is 14.4 Å². The zero-order chi connectivity index (χ0) is 25.5. The smallest absolute Gasteiger partial charge is 0.329 e. The van der Waals surface area contributed by atoms with E-state index >= 15 is 0 Å². The summed E-state index contributed by atoms with van der Waals surface area (Å²) in [5.41, 5.74) is 2.73. The number of hydrogen-bond donors (Lipinski definition) is 3. The highest BCUT2D eigenvalue weighted by atomic mass is 16.5. The minimum Gasteiger partial charge on any atom is -0.483 e. The number of benzene rings is 3. The number of ether oxygens (including phenoxy) is 1. The van der Waals surface area contributed by atoms with Crippen molar-refractivity contribution >= 4 is 41.2 Å². The van der Waals surface area contributed by atoms with Gasteiger partial charge >= 0.3 is 6.03 Å². The summed E-state index contributed by atoms with van der Waals surface area (Å²) in [7, 11) is 0. The van der Waals surface area contributed by atoms with Crippen molar-refractivity contribution in [3.8, 4) is 5.75 Å². The molecule has 4 rings (SSSR count). The molecular formula is C27H24N4O5. The van der Waals surface area contributed by atoms with Crippen LogP contribution >= 0.6 is 0 Å². The highest BCUT2D eigenvalue weighted by Crippen LogP contribution is 2.23. The molecule has 0 atom stereocenters. The number of carbonyl (C=O) groups is 4. The van der Waals surface area contributed by atoms with E-state index in [2.05, 4.69) is 16.0 Å². The summed E-state index contributed by atoms with van der Waals surface area (Å²) in [6.45, 7) is 1.24. The molecule has 0 radical (unpaired) electrons. The van der Waals surface area contributed by atoms with E-state index in [0.29, 0.717) is 22.7 Å². The van der Waals surface area contributed by atoms with E-state index in [1.54, 1.807) is 60.7 Å². The predicted molar refractivity (Wildman–Crippen MR) is 135 cm³/mol. The largest absolute Gasteiger partial charge is 0.483 e. The van der Waals surface area contributed by atoms with Crippen molar-refractivity contribution in [1.82, 2.24) is 10.2 Å². The Morgan fingerprint density at radius 3 is 2.25 bits per heavy atom. The number of nitrogens with zero attached hydrogens (tertiary/aromatic N) is 1. The van der Waals surface area contributed by atoms with Crippen LogP contribution in [-0.4, -0.2) is 41.8 Å². The maximum Gasteiger partial charge on any atom is 0.329 e. The number of imide groups is 1. The van der Waals surface area contributed by atoms with Gasteiger partial charge in [-0.25, -0.2) is 9.69 Å². The van der Waals surface area contributed by atoms with Gasteiger partial charge in [0.1, 0.15) is 18.0 Å². The van der Waals surface area contributed by atoms with Crippen LogP contribution in [0.25, 0.3) is 6.08 Å². The maximum absolute atomic E-state index is 12.8. The predicted octanol–water partition coefficient (Wildman–Crippen LogP) is 3.54. The van der Waals surface area contributed by atoms with E-state index in [9.17, 15) is 19.2 Å². The van der Waals surface area contributed by atoms with Gasteiger partial charge in [0.05, 0.1) is 0 Å². The van der Waals surface area contributed by atoms with Crippen LogP contribution in [0.1, 0.15) is 11.1 Å². The second kappa shape index (κ2) is 11.0. The summed E-state index contributed by atoms with van der Waals surface area (Å²) in [5.74, 6) is -1.14. The van der Waals surface area contributed by atoms with Gasteiger partial charge in [-0.05, 0) is 43.3 Å². The fourth-order valence-corrected chi connectivity index (χ4v) is 3.44. The summed E-state index contributed by atoms with van der Waals surface area (Å²) >= 11 is 0. The molecule has 0 saturated carbocycles. The number of aryl methyl sites for hydroxylation is 1. The van der Waals surface area contributed by atoms with Gasteiger partial charge in [0.2, 0.25) is 5.91 Å². The van der Waals surface area contributed by atoms with Crippen molar-refractivity contribution in [2.75, 3.05) is 23.8 Å². The first-order valence-electron chi connectivity index (χ1n) is 11.2. The first-order chi connectivity index (χ1) is 17.4. The molecule has 3 aromatic rings. The quantitative estimate of drug-likeness (QED) is 0.334. The van der Waals surface area contributed by atoms with Crippen LogP contribution in [0.15, 0.2) is 84.6 Å². The lowest BCUT2D eigenvalue weighted by molar-refractivity contribution is -0.127. The van der Waals surface area contributed by atoms with Crippen molar-refractivity contribution in [3.63, 3.8) is 0 Å². The molecule has 0 aromatic heterocycles. The maximum atomic E-state index is 12.8. The molecule has 5 amide bonds. The fraction of sp³-hybridized carbons (Fsp3) is 0.111. The number of rotatable bonds is 8. The summed E-state index contributed by atoms with van der Waals surface area (Å²) in [6.07, 6.45) is 1.45. The fourth-order valence-electron chi connectivity index (χ4n) is 3.44. The highest BCUT2D eigenvalue weighted by molar-refractivity contribution is 6.16. The monoisotopic (exact) mass is 484 g/mol. The van der Waals surface area contributed by atoms with Crippen LogP contribution in [0, 0.1) is 6.92 Å². The Bertz CT molecular complexity index is 1320. The van der Waals surface area contributed by atoms with Crippen molar-refractivity contribution in [2.45, 2.75) is 6.92 Å². The van der Waals surface area contributed by atoms with Crippen LogP contribution in [0.4, 0.5) is 16.2 Å². The van der Waals surface area contributed by atoms with Gasteiger partial charge in [-0.3, -0.25) is 14.4 Å². The Morgan fingerprint density at radius 2 is 1.50 bits per heavy atom. The lowest BCUT2D eigenvalue weighted by Gasteiger charge is -2.12. The lowest BCUT2D eigenvalue weighted by atomic mass is 10.1. The van der Waals surface area contributed by atoms with Gasteiger partial charge in [0.25, 0.3) is 11.8 Å². The summed E-state index contributed by atoms with van der Waals surface area (Å²) in [6, 6.07) is 22.2. The minimum atomic E-state index is -0.703. The van der Waals surface area contributed by atoms with E-state index in [1.807, 2.05) is 25.1 Å². The van der Waals surface area contributed by atoms with Crippen molar-refractivity contribution in [1.29, 1.82) is 0 Å². The standard InChI is InChI=1S/C27H24N4O5/c1-18-11-13-21(14-12-18)28-24(32)16-31-26(34)22(30-27(31)35)15-19-7-5-6-10-23(19)36-17-25(33)29-20-8-3-2-4-9-20/h2-15H,16-17H2,1H3,(H,28,32)(H,29,33)(H,30,35)/b22-15+. The second-order valence-electron chi connectivity index (χ2n) is 8.03. The molecule has 36 heavy (non-hydrogen) atoms. The molecule has 182 valence electrons. The minimum absolute atomic E-state index is 0.00655. The molecule has 3 N–H and O–H groups in total. The average molecular weight is 485 g/mol. The molecule has 0 bridgehead atoms. The third kappa shape index (κ3) is 6.15. The SMILES string of the molecule is Cc1ccc(NC(=O)CN2C(=O)N/C(=C/c3ccccc3OCC(=O)Nc3ccccc3)C2=O)cc1. The Balaban J connectivity index is 1.39. The van der Waals surface area contributed by atoms with E-state index in [4.69, 9.17) is 4.74 Å². The third-order valence-corrected chi connectivity index (χ3v) is 5.23. The third-order valence-electron chi connectivity index (χ3n) is 5.23. The van der Waals surface area contributed by atoms with E-state index in [1.165, 1.54) is 6.08 Å². The van der Waals surface area contributed by atoms with Crippen molar-refractivity contribution in [2.24, 2.45) is 0 Å². The summed E-state index contributed by atoms with van der Waals surface area (Å²) in [4.78, 5) is 50.6. The van der Waals surface area contributed by atoms with Crippen molar-refractivity contribution in [3.05, 3.63) is 95.7 Å². The van der Waals surface area contributed by atoms with E-state index < -0.39 is 24.4 Å². The molecule has 1 heterocycles. The first-order valence-corrected chi connectivity index (χ1v) is 11.2. The number of carbonyl (C=O) groups excluding carboxylic acids is 4. The molecule has 1 aliphatic rings. The van der Waals surface area contributed by atoms with Gasteiger partial charge in [-0.1, -0.05) is 54.1 Å². The van der Waals surface area contributed by atoms with Gasteiger partial charge in [-0.2, -0.15) is 0 Å². The van der Waals surface area contributed by atoms with Gasteiger partial charge in [0, 0.05) is 16.9 Å². The molecule has 9 heteroatoms. The Labute approximate surface area is 207 Å². The van der Waals surface area contributed by atoms with Crippen LogP contribution in [0.3, 0.4) is 0 Å². The van der Waals surface area contributed by atoms with Gasteiger partial charge < -0.3 is 20.7 Å². The summed E-state index contributed by atoms with van der Waals surface area (Å²) in [5, 5.41) is 7.88. The van der Waals surface area contributed by atoms with Gasteiger partial charge in [0.15, 0.2) is 6.61 Å². The van der Waals surface area contributed by atoms with E-state index in [-0.39, 0.29) is 18.2 Å². The molecule has 3 aromatic carbocycles. The van der Waals surface area contributed by atoms with E-state index in [0.717, 1.165) is 10.5 Å². The molecule has 1 saturated heterocycles. The molecular weight excluding hydrogens is 460 g/mol. The van der Waals surface area contributed by atoms with Crippen LogP contribution in [0.5, 0.6) is 5.75 Å². The molecule has 0 spiro atoms. The number of urea groups is 1. The van der Waals surface area contributed by atoms with Crippen molar-refractivity contribution < 1.29 is 23.9 Å². The number of hydrogen-bond acceptors (Lipinski definition) is 5. The van der Waals surface area contributed by atoms with Gasteiger partial charge in [-0.15, -0.1) is 0 Å². The molecule has 1 fully saturated rings. The Hall–Kier alpha value is -4.92. The molecule has 9 nitrogen and oxygen atoms in total. The normalized spacial score (nSPS) is 13.9. The second-order valence-corrected chi connectivity index (χ2v) is 8.03. The topological polar surface area (TPSA) is 117 Å². The number of nitrogens with one attached hydrogen (secondary N) is 3. The number of para-hydroxylation sites is 2. The Kier molecular flexibility index (Phi) is 7.40. The number of amides is 5. The lowest BCUT2D eigenvalue weighted by Crippen LogP contribution is -2.38. The molecule has 0 aliphatic carbocycles. The highest BCUT2D eigenvalue weighted by Gasteiger charge is 2.35. The van der Waals surface area contributed by atoms with Crippen LogP contribution < -0.4 is 20.7 Å². The zero-order valence-corrected chi connectivity index (χ0v) is 19.5. The molecule has 0 unspecified atom stereocenters. The summed E-state index contributed by atoms with van der Waals surface area (Å²) < 4.78 is 5.65. The molecule has 1 aliphatic heterocycles. The Morgan fingerprint density at radius 1 is 0.861 bits per heavy atom. The first kappa shape index (κ1) is 24.2. The average Bonchev–Trinajstić information content (AvgIpc) is 3.13. The zero-order valence-electron chi connectivity index (χ0n) is 19.5. The number of anilines is 2. The van der Waals surface area contributed by atoms with Crippen LogP contribution in [0.2, 0.25) is 0 Å².